The van der Waals surface area contributed by atoms with Crippen molar-refractivity contribution >= 4 is 11.7 Å². The van der Waals surface area contributed by atoms with E-state index in [9.17, 15) is 9.90 Å². The molecule has 2 amide bonds. The van der Waals surface area contributed by atoms with Crippen molar-refractivity contribution in [2.45, 2.75) is 39.7 Å². The Hall–Kier alpha value is -2.41. The van der Waals surface area contributed by atoms with Crippen molar-refractivity contribution < 1.29 is 9.90 Å². The van der Waals surface area contributed by atoms with E-state index in [2.05, 4.69) is 34.6 Å². The van der Waals surface area contributed by atoms with Gasteiger partial charge in [-0.3, -0.25) is 0 Å². The summed E-state index contributed by atoms with van der Waals surface area (Å²) in [7, 11) is 0. The van der Waals surface area contributed by atoms with Gasteiger partial charge in [0.05, 0.1) is 6.54 Å². The van der Waals surface area contributed by atoms with Gasteiger partial charge in [0.25, 0.3) is 0 Å². The Balaban J connectivity index is 1.98. The van der Waals surface area contributed by atoms with Crippen molar-refractivity contribution in [3.63, 3.8) is 0 Å². The predicted octanol–water partition coefficient (Wildman–Crippen LogP) is 2.64. The van der Waals surface area contributed by atoms with Crippen LogP contribution in [0.15, 0.2) is 36.9 Å². The van der Waals surface area contributed by atoms with Crippen LogP contribution in [0, 0.1) is 5.41 Å². The third kappa shape index (κ3) is 5.29. The van der Waals surface area contributed by atoms with Gasteiger partial charge in [0.1, 0.15) is 12.7 Å². The van der Waals surface area contributed by atoms with Crippen molar-refractivity contribution in [3.05, 3.63) is 42.5 Å². The Morgan fingerprint density at radius 1 is 1.28 bits per heavy atom. The number of aliphatic hydroxyl groups is 1. The molecule has 1 aromatic carbocycles. The summed E-state index contributed by atoms with van der Waals surface area (Å²) in [5.41, 5.74) is 1.64. The van der Waals surface area contributed by atoms with Crippen LogP contribution in [0.4, 0.5) is 10.5 Å². The summed E-state index contributed by atoms with van der Waals surface area (Å²) in [5.74, 6) is 0. The van der Waals surface area contributed by atoms with Gasteiger partial charge in [0.2, 0.25) is 0 Å². The number of aromatic nitrogens is 3. The molecule has 7 nitrogen and oxygen atoms in total. The normalized spacial score (nSPS) is 11.3. The van der Waals surface area contributed by atoms with Crippen LogP contribution in [0.3, 0.4) is 0 Å². The summed E-state index contributed by atoms with van der Waals surface area (Å²) in [6.45, 7) is 5.39. The number of benzene rings is 1. The lowest BCUT2D eigenvalue weighted by atomic mass is 9.79. The molecule has 7 heteroatoms. The minimum Gasteiger partial charge on any atom is -0.396 e. The molecule has 1 aromatic heterocycles. The predicted molar refractivity (Wildman–Crippen MR) is 97.3 cm³/mol. The highest BCUT2D eigenvalue weighted by molar-refractivity contribution is 5.90. The first-order valence-electron chi connectivity index (χ1n) is 8.68. The second kappa shape index (κ2) is 9.17. The van der Waals surface area contributed by atoms with Crippen molar-refractivity contribution in [2.24, 2.45) is 5.41 Å². The van der Waals surface area contributed by atoms with Crippen LogP contribution >= 0.6 is 0 Å². The molecule has 0 spiro atoms. The zero-order valence-corrected chi connectivity index (χ0v) is 14.9. The van der Waals surface area contributed by atoms with Crippen LogP contribution in [0.1, 0.15) is 38.7 Å². The van der Waals surface area contributed by atoms with Crippen LogP contribution < -0.4 is 10.6 Å². The second-order valence-electron chi connectivity index (χ2n) is 6.24. The molecule has 0 bridgehead atoms. The topological polar surface area (TPSA) is 92.1 Å². The Morgan fingerprint density at radius 3 is 2.68 bits per heavy atom. The maximum Gasteiger partial charge on any atom is 0.319 e. The molecule has 25 heavy (non-hydrogen) atoms. The van der Waals surface area contributed by atoms with Gasteiger partial charge in [-0.15, -0.1) is 0 Å². The summed E-state index contributed by atoms with van der Waals surface area (Å²) in [6, 6.07) is 7.39. The van der Waals surface area contributed by atoms with Crippen molar-refractivity contribution in [1.29, 1.82) is 0 Å². The van der Waals surface area contributed by atoms with Crippen LogP contribution in [-0.4, -0.2) is 39.1 Å². The quantitative estimate of drug-likeness (QED) is 0.651. The molecule has 1 heterocycles. The SMILES string of the molecule is CCC(CC)(CCO)CNC(=O)Nc1ccccc1Cn1cncn1. The number of rotatable bonds is 9. The zero-order valence-electron chi connectivity index (χ0n) is 14.9. The number of anilines is 1. The number of para-hydroxylation sites is 1. The molecule has 136 valence electrons. The van der Waals surface area contributed by atoms with Gasteiger partial charge in [-0.1, -0.05) is 32.0 Å². The highest BCUT2D eigenvalue weighted by atomic mass is 16.3. The molecule has 0 radical (unpaired) electrons. The third-order valence-corrected chi connectivity index (χ3v) is 4.83. The fourth-order valence-corrected chi connectivity index (χ4v) is 2.88. The fraction of sp³-hybridized carbons (Fsp3) is 0.500. The molecule has 0 saturated carbocycles. The lowest BCUT2D eigenvalue weighted by molar-refractivity contribution is 0.165. The van der Waals surface area contributed by atoms with Crippen LogP contribution in [0.2, 0.25) is 0 Å². The molecule has 0 atom stereocenters. The first-order chi connectivity index (χ1) is 12.1. The number of hydrogen-bond donors (Lipinski definition) is 3. The molecule has 2 rings (SSSR count). The van der Waals surface area contributed by atoms with Crippen LogP contribution in [-0.2, 0) is 6.54 Å². The Labute approximate surface area is 148 Å². The maximum atomic E-state index is 12.3. The number of urea groups is 1. The van der Waals surface area contributed by atoms with Crippen LogP contribution in [0.25, 0.3) is 0 Å². The summed E-state index contributed by atoms with van der Waals surface area (Å²) < 4.78 is 1.71. The average Bonchev–Trinajstić information content (AvgIpc) is 3.13. The van der Waals surface area contributed by atoms with E-state index in [0.717, 1.165) is 24.1 Å². The molecule has 0 unspecified atom stereocenters. The van der Waals surface area contributed by atoms with Crippen molar-refractivity contribution in [1.82, 2.24) is 20.1 Å². The van der Waals surface area contributed by atoms with E-state index < -0.39 is 0 Å². The Morgan fingerprint density at radius 2 is 2.04 bits per heavy atom. The summed E-state index contributed by atoms with van der Waals surface area (Å²) in [6.07, 6.45) is 5.63. The van der Waals surface area contributed by atoms with E-state index in [1.807, 2.05) is 24.3 Å². The maximum absolute atomic E-state index is 12.3. The molecular formula is C18H27N5O2. The molecule has 0 aliphatic heterocycles. The van der Waals surface area contributed by atoms with Crippen molar-refractivity contribution in [3.8, 4) is 0 Å². The molecule has 0 aliphatic rings. The number of hydrogen-bond acceptors (Lipinski definition) is 4. The van der Waals surface area contributed by atoms with Gasteiger partial charge in [0.15, 0.2) is 0 Å². The molecule has 3 N–H and O–H groups in total. The third-order valence-electron chi connectivity index (χ3n) is 4.83. The van der Waals surface area contributed by atoms with Gasteiger partial charge >= 0.3 is 6.03 Å². The molecule has 0 aliphatic carbocycles. The van der Waals surface area contributed by atoms with E-state index >= 15 is 0 Å². The number of aliphatic hydroxyl groups excluding tert-OH is 1. The summed E-state index contributed by atoms with van der Waals surface area (Å²) in [4.78, 5) is 16.3. The van der Waals surface area contributed by atoms with Gasteiger partial charge in [-0.25, -0.2) is 14.5 Å². The van der Waals surface area contributed by atoms with E-state index in [4.69, 9.17) is 0 Å². The van der Waals surface area contributed by atoms with Gasteiger partial charge in [0, 0.05) is 18.8 Å². The minimum absolute atomic E-state index is 0.0632. The number of nitrogens with one attached hydrogen (secondary N) is 2. The second-order valence-corrected chi connectivity index (χ2v) is 6.24. The lowest BCUT2D eigenvalue weighted by Gasteiger charge is -2.31. The smallest absolute Gasteiger partial charge is 0.319 e. The Bertz CT molecular complexity index is 653. The first kappa shape index (κ1) is 18.9. The molecular weight excluding hydrogens is 318 g/mol. The number of carbonyl (C=O) groups is 1. The van der Waals surface area contributed by atoms with Crippen LogP contribution in [0.5, 0.6) is 0 Å². The molecule has 0 fully saturated rings. The largest absolute Gasteiger partial charge is 0.396 e. The number of nitrogens with zero attached hydrogens (tertiary/aromatic N) is 3. The van der Waals surface area contributed by atoms with E-state index in [-0.39, 0.29) is 18.1 Å². The highest BCUT2D eigenvalue weighted by Crippen LogP contribution is 2.29. The van der Waals surface area contributed by atoms with Gasteiger partial charge in [-0.05, 0) is 36.3 Å². The van der Waals surface area contributed by atoms with Crippen molar-refractivity contribution in [2.75, 3.05) is 18.5 Å². The van der Waals surface area contributed by atoms with E-state index in [0.29, 0.717) is 19.5 Å². The summed E-state index contributed by atoms with van der Waals surface area (Å²) >= 11 is 0. The fourth-order valence-electron chi connectivity index (χ4n) is 2.88. The number of carbonyl (C=O) groups excluding carboxylic acids is 1. The monoisotopic (exact) mass is 345 g/mol. The number of amides is 2. The average molecular weight is 345 g/mol. The zero-order chi connectivity index (χ0) is 18.1. The van der Waals surface area contributed by atoms with Gasteiger partial charge in [-0.2, -0.15) is 5.10 Å². The van der Waals surface area contributed by atoms with Gasteiger partial charge < -0.3 is 15.7 Å². The standard InChI is InChI=1S/C18H27N5O2/c1-3-18(4-2,9-10-24)12-20-17(25)22-16-8-6-5-7-15(16)11-23-14-19-13-21-23/h5-8,13-14,24H,3-4,9-12H2,1-2H3,(H2,20,22,25). The summed E-state index contributed by atoms with van der Waals surface area (Å²) in [5, 5.41) is 19.2. The minimum atomic E-state index is -0.241. The molecule has 0 saturated heterocycles. The molecule has 2 aromatic rings. The highest BCUT2D eigenvalue weighted by Gasteiger charge is 2.26. The lowest BCUT2D eigenvalue weighted by Crippen LogP contribution is -2.39. The van der Waals surface area contributed by atoms with E-state index in [1.54, 1.807) is 11.0 Å². The van der Waals surface area contributed by atoms with E-state index in [1.165, 1.54) is 6.33 Å². The first-order valence-corrected chi connectivity index (χ1v) is 8.68. The Kier molecular flexibility index (Phi) is 6.94.